The normalized spacial score (nSPS) is 19.9. The first-order chi connectivity index (χ1) is 9.06. The number of carbonyl (C=O) groups is 1. The molecule has 6 nitrogen and oxygen atoms in total. The molecule has 0 spiro atoms. The van der Waals surface area contributed by atoms with Gasteiger partial charge in [0.05, 0.1) is 6.54 Å². The summed E-state index contributed by atoms with van der Waals surface area (Å²) in [5.41, 5.74) is 0. The highest BCUT2D eigenvalue weighted by Gasteiger charge is 2.29. The van der Waals surface area contributed by atoms with E-state index in [9.17, 15) is 9.90 Å². The zero-order chi connectivity index (χ0) is 13.8. The van der Waals surface area contributed by atoms with Crippen LogP contribution in [0.5, 0.6) is 0 Å². The number of carboxylic acid groups (broad SMARTS) is 1. The summed E-state index contributed by atoms with van der Waals surface area (Å²) in [6.45, 7) is 5.41. The molecule has 0 bridgehead atoms. The maximum absolute atomic E-state index is 11.2. The van der Waals surface area contributed by atoms with E-state index < -0.39 is 12.0 Å². The average molecular weight is 304 g/mol. The van der Waals surface area contributed by atoms with E-state index in [1.165, 1.54) is 0 Å². The summed E-state index contributed by atoms with van der Waals surface area (Å²) >= 11 is 0. The van der Waals surface area contributed by atoms with Crippen LogP contribution in [-0.2, 0) is 17.8 Å². The van der Waals surface area contributed by atoms with E-state index in [1.54, 1.807) is 0 Å². The Morgan fingerprint density at radius 3 is 2.90 bits per heavy atom. The van der Waals surface area contributed by atoms with Crippen molar-refractivity contribution in [2.75, 3.05) is 6.54 Å². The fourth-order valence-corrected chi connectivity index (χ4v) is 2.44. The van der Waals surface area contributed by atoms with Crippen molar-refractivity contribution >= 4 is 18.4 Å². The second-order valence-electron chi connectivity index (χ2n) is 5.52. The number of aliphatic carboxylic acids is 1. The van der Waals surface area contributed by atoms with Crippen molar-refractivity contribution < 1.29 is 14.4 Å². The molecule has 0 amide bonds. The molecule has 1 unspecified atom stereocenters. The molecule has 0 aromatic carbocycles. The third-order valence-electron chi connectivity index (χ3n) is 3.34. The van der Waals surface area contributed by atoms with Gasteiger partial charge in [0.2, 0.25) is 5.89 Å². The van der Waals surface area contributed by atoms with Gasteiger partial charge in [-0.15, -0.1) is 12.4 Å². The van der Waals surface area contributed by atoms with Crippen LogP contribution < -0.4 is 0 Å². The summed E-state index contributed by atoms with van der Waals surface area (Å²) in [4.78, 5) is 17.4. The monoisotopic (exact) mass is 303 g/mol. The summed E-state index contributed by atoms with van der Waals surface area (Å²) in [6, 6.07) is -0.422. The third kappa shape index (κ3) is 4.45. The quantitative estimate of drug-likeness (QED) is 0.897. The van der Waals surface area contributed by atoms with E-state index in [1.807, 2.05) is 4.90 Å². The van der Waals surface area contributed by atoms with Crippen LogP contribution in [0.2, 0.25) is 0 Å². The van der Waals surface area contributed by atoms with Gasteiger partial charge >= 0.3 is 5.97 Å². The van der Waals surface area contributed by atoms with Crippen molar-refractivity contribution in [2.45, 2.75) is 52.1 Å². The largest absolute Gasteiger partial charge is 0.480 e. The van der Waals surface area contributed by atoms with E-state index in [0.717, 1.165) is 25.8 Å². The maximum Gasteiger partial charge on any atom is 0.320 e. The van der Waals surface area contributed by atoms with Gasteiger partial charge in [-0.05, 0) is 25.3 Å². The molecule has 114 valence electrons. The van der Waals surface area contributed by atoms with Crippen molar-refractivity contribution in [3.05, 3.63) is 11.7 Å². The topological polar surface area (TPSA) is 79.5 Å². The molecule has 1 fully saturated rings. The van der Waals surface area contributed by atoms with E-state index >= 15 is 0 Å². The fourth-order valence-electron chi connectivity index (χ4n) is 2.44. The van der Waals surface area contributed by atoms with Gasteiger partial charge in [0.1, 0.15) is 6.04 Å². The fraction of sp³-hybridized carbons (Fsp3) is 0.769. The molecule has 2 rings (SSSR count). The Kier molecular flexibility index (Phi) is 6.42. The van der Waals surface area contributed by atoms with Crippen LogP contribution >= 0.6 is 12.4 Å². The van der Waals surface area contributed by atoms with Gasteiger partial charge in [-0.2, -0.15) is 4.98 Å². The number of carboxylic acids is 1. The molecule has 20 heavy (non-hydrogen) atoms. The minimum Gasteiger partial charge on any atom is -0.480 e. The number of nitrogens with zero attached hydrogens (tertiary/aromatic N) is 3. The van der Waals surface area contributed by atoms with E-state index in [4.69, 9.17) is 4.52 Å². The highest BCUT2D eigenvalue weighted by molar-refractivity contribution is 5.85. The van der Waals surface area contributed by atoms with Crippen molar-refractivity contribution in [3.8, 4) is 0 Å². The summed E-state index contributed by atoms with van der Waals surface area (Å²) in [6.07, 6.45) is 3.47. The van der Waals surface area contributed by atoms with Gasteiger partial charge in [0.15, 0.2) is 5.82 Å². The lowest BCUT2D eigenvalue weighted by Crippen LogP contribution is -2.44. The van der Waals surface area contributed by atoms with Crippen LogP contribution in [-0.4, -0.2) is 38.7 Å². The summed E-state index contributed by atoms with van der Waals surface area (Å²) in [7, 11) is 0. The Morgan fingerprint density at radius 2 is 2.25 bits per heavy atom. The molecule has 1 aromatic heterocycles. The Morgan fingerprint density at radius 1 is 1.50 bits per heavy atom. The van der Waals surface area contributed by atoms with Crippen LogP contribution in [0.25, 0.3) is 0 Å². The van der Waals surface area contributed by atoms with Crippen molar-refractivity contribution in [1.29, 1.82) is 0 Å². The van der Waals surface area contributed by atoms with Crippen LogP contribution in [0.4, 0.5) is 0 Å². The molecule has 7 heteroatoms. The molecule has 1 aromatic rings. The second-order valence-corrected chi connectivity index (χ2v) is 5.52. The number of likely N-dealkylation sites (tertiary alicyclic amines) is 1. The summed E-state index contributed by atoms with van der Waals surface area (Å²) < 4.78 is 5.20. The van der Waals surface area contributed by atoms with E-state index in [2.05, 4.69) is 24.0 Å². The number of halogens is 1. The van der Waals surface area contributed by atoms with E-state index in [-0.39, 0.29) is 12.4 Å². The first kappa shape index (κ1) is 16.9. The highest BCUT2D eigenvalue weighted by Crippen LogP contribution is 2.19. The van der Waals surface area contributed by atoms with Gasteiger partial charge in [0.25, 0.3) is 0 Å². The molecule has 1 aliphatic rings. The minimum absolute atomic E-state index is 0. The zero-order valence-corrected chi connectivity index (χ0v) is 12.7. The zero-order valence-electron chi connectivity index (χ0n) is 11.9. The number of aromatic nitrogens is 2. The predicted molar refractivity (Wildman–Crippen MR) is 75.8 cm³/mol. The van der Waals surface area contributed by atoms with Crippen molar-refractivity contribution in [3.63, 3.8) is 0 Å². The minimum atomic E-state index is -0.762. The number of hydrogen-bond donors (Lipinski definition) is 1. The smallest absolute Gasteiger partial charge is 0.320 e. The Balaban J connectivity index is 0.00000200. The molecule has 1 N–H and O–H groups in total. The molecule has 2 heterocycles. The Labute approximate surface area is 124 Å². The average Bonchev–Trinajstić information content (AvgIpc) is 2.76. The number of rotatable bonds is 5. The molecular weight excluding hydrogens is 282 g/mol. The molecule has 1 aliphatic heterocycles. The lowest BCUT2D eigenvalue weighted by molar-refractivity contribution is -0.145. The van der Waals surface area contributed by atoms with Gasteiger partial charge in [-0.3, -0.25) is 9.69 Å². The van der Waals surface area contributed by atoms with Crippen LogP contribution in [0.3, 0.4) is 0 Å². The molecule has 1 atom stereocenters. The van der Waals surface area contributed by atoms with Crippen molar-refractivity contribution in [2.24, 2.45) is 5.92 Å². The van der Waals surface area contributed by atoms with Gasteiger partial charge in [-0.1, -0.05) is 25.4 Å². The maximum atomic E-state index is 11.2. The van der Waals surface area contributed by atoms with Crippen LogP contribution in [0.15, 0.2) is 4.52 Å². The molecule has 0 radical (unpaired) electrons. The lowest BCUT2D eigenvalue weighted by Gasteiger charge is -2.31. The second kappa shape index (κ2) is 7.59. The molecule has 1 saturated heterocycles. The summed E-state index contributed by atoms with van der Waals surface area (Å²) in [5, 5.41) is 13.1. The van der Waals surface area contributed by atoms with Crippen LogP contribution in [0.1, 0.15) is 44.8 Å². The standard InChI is InChI=1S/C13H21N3O3.ClH/c1-9(2)7-11-14-12(19-15-11)8-16-6-4-3-5-10(16)13(17)18;/h9-10H,3-8H2,1-2H3,(H,17,18);1H. The Bertz CT molecular complexity index is 436. The van der Waals surface area contributed by atoms with E-state index in [0.29, 0.717) is 30.6 Å². The molecule has 0 saturated carbocycles. The first-order valence-electron chi connectivity index (χ1n) is 6.84. The lowest BCUT2D eigenvalue weighted by atomic mass is 10.0. The SMILES string of the molecule is CC(C)Cc1noc(CN2CCCCC2C(=O)O)n1.Cl. The van der Waals surface area contributed by atoms with Gasteiger partial charge < -0.3 is 9.63 Å². The van der Waals surface area contributed by atoms with Crippen LogP contribution in [0, 0.1) is 5.92 Å². The molecule has 0 aliphatic carbocycles. The Hall–Kier alpha value is -1.14. The molecular formula is C13H22ClN3O3. The number of piperidine rings is 1. The van der Waals surface area contributed by atoms with Crippen molar-refractivity contribution in [1.82, 2.24) is 15.0 Å². The predicted octanol–water partition coefficient (Wildman–Crippen LogP) is 2.13. The highest BCUT2D eigenvalue weighted by atomic mass is 35.5. The first-order valence-corrected chi connectivity index (χ1v) is 6.84. The van der Waals surface area contributed by atoms with Gasteiger partial charge in [0, 0.05) is 6.42 Å². The summed E-state index contributed by atoms with van der Waals surface area (Å²) in [5.74, 6) is 0.937. The third-order valence-corrected chi connectivity index (χ3v) is 3.34. The van der Waals surface area contributed by atoms with Gasteiger partial charge in [-0.25, -0.2) is 0 Å². The number of hydrogen-bond acceptors (Lipinski definition) is 5.